The number of carbonyl (C=O) groups is 8. The van der Waals surface area contributed by atoms with Gasteiger partial charge in [0, 0.05) is 49.1 Å². The maximum absolute atomic E-state index is 10.4. The Labute approximate surface area is 337 Å². The van der Waals surface area contributed by atoms with Crippen LogP contribution >= 0.6 is 39.2 Å². The van der Waals surface area contributed by atoms with Crippen molar-refractivity contribution in [1.82, 2.24) is 25.8 Å². The number of carboxylic acids is 1. The highest BCUT2D eigenvalue weighted by Crippen LogP contribution is 2.34. The number of rotatable bonds is 12. The molecule has 0 aliphatic heterocycles. The number of halogens is 1. The van der Waals surface area contributed by atoms with Gasteiger partial charge >= 0.3 is 33.1 Å². The average molecular weight is 970 g/mol. The van der Waals surface area contributed by atoms with Crippen molar-refractivity contribution in [3.8, 4) is 0 Å². The van der Waals surface area contributed by atoms with Gasteiger partial charge in [0.1, 0.15) is 13.1 Å². The molecule has 0 fully saturated rings. The number of carboxylic acid groups (broad SMARTS) is 1. The fraction of sp³-hybridized carbons (Fsp3) is 0.615. The molecule has 0 rings (SSSR count). The standard InChI is InChI=1S/C5H10N2O2.C5H9NO3.C4H10NO5P.C3H8NO5P.C2H4O2.C2O2.CH5N.CH2O.3CH4.HI/c1-4(8)6-3-7-5(2)9;1-4(7)6(2)3-5(8)9;1-5(2-4(6)7)3-11(8,9)10;5-3(6)1-4-2-10(7,8)9;1-2(3)4;3-1-2-4;2*1-2;;;;/h3H2,1-2H3,(H,6,8)(H,7,9);3H2,1-2H3,(H,8,9);2-3H2,1H3,(H,6,7)(H2,8,9,10);4H,1-2H2,(H,5,6)(H2,7,8,9);1H3,(H,3,4);;2H2,1H3;1H2;3*1H4;1H/p+3. The average Bonchev–Trinajstić information content (AvgIpc) is 2.93. The fourth-order valence-electron chi connectivity index (χ4n) is 1.54. The van der Waals surface area contributed by atoms with Crippen molar-refractivity contribution in [2.24, 2.45) is 5.73 Å². The summed E-state index contributed by atoms with van der Waals surface area (Å²) in [6, 6.07) is 0. The highest BCUT2D eigenvalue weighted by atomic mass is 127. The monoisotopic (exact) mass is 969 g/mol. The summed E-state index contributed by atoms with van der Waals surface area (Å²) in [7, 11) is -3.81. The maximum Gasteiger partial charge on any atom is 0.535 e. The lowest BCUT2D eigenvalue weighted by Crippen LogP contribution is -2.34. The van der Waals surface area contributed by atoms with Gasteiger partial charge in [0.25, 0.3) is 5.97 Å². The first-order valence-corrected chi connectivity index (χ1v) is 16.4. The van der Waals surface area contributed by atoms with Gasteiger partial charge in [-0.1, -0.05) is 22.3 Å². The zero-order chi connectivity index (χ0) is 43.0. The SMILES string of the molecule is C.C.C.C=O.CC(=O)N(C)CC(=O)[OH2+].CC(=O)NCNC(C)=O.CC(=O)O.CN.CN(CC(=O)[OH2+])CP(=O)(O)O.I.O=C([OH2+])CNCP(=O)(O)O.O=C=C=O. The van der Waals surface area contributed by atoms with Crippen molar-refractivity contribution in [3.63, 3.8) is 0 Å². The van der Waals surface area contributed by atoms with Crippen LogP contribution in [-0.2, 0) is 57.1 Å². The molecule has 3 amide bonds. The fourth-order valence-corrected chi connectivity index (χ4v) is 2.68. The molecule has 0 saturated carbocycles. The predicted molar refractivity (Wildman–Crippen MR) is 214 cm³/mol. The molecule has 0 bridgehead atoms. The van der Waals surface area contributed by atoms with E-state index in [1.165, 1.54) is 46.8 Å². The molecule has 0 heterocycles. The molecule has 55 heavy (non-hydrogen) atoms. The minimum atomic E-state index is -4.09. The summed E-state index contributed by atoms with van der Waals surface area (Å²) < 4.78 is 20.4. The van der Waals surface area contributed by atoms with Gasteiger partial charge in [-0.2, -0.15) is 0 Å². The van der Waals surface area contributed by atoms with Gasteiger partial charge in [-0.3, -0.25) is 38.5 Å². The molecule has 0 spiro atoms. The minimum absolute atomic E-state index is 0. The summed E-state index contributed by atoms with van der Waals surface area (Å²) in [6.45, 7) is 6.72. The largest absolute Gasteiger partial charge is 0.564 e. The summed E-state index contributed by atoms with van der Waals surface area (Å²) in [5.74, 6) is -2.08. The number of hydrogen-bond donors (Lipinski definition) is 9. The Balaban J connectivity index is -0.0000000400. The first-order chi connectivity index (χ1) is 23.0. The van der Waals surface area contributed by atoms with E-state index in [4.69, 9.17) is 59.2 Å². The van der Waals surface area contributed by atoms with Crippen LogP contribution in [0.25, 0.3) is 0 Å². The zero-order valence-corrected chi connectivity index (χ0v) is 33.5. The van der Waals surface area contributed by atoms with E-state index in [1.54, 1.807) is 0 Å². The molecule has 26 nitrogen and oxygen atoms in total. The Kier molecular flexibility index (Phi) is 86.5. The number of likely N-dealkylation sites (N-methyl/N-ethyl adjacent to an activating group) is 2. The maximum atomic E-state index is 10.4. The number of nitrogens with zero attached hydrogens (tertiary/aromatic N) is 2. The molecule has 0 aromatic carbocycles. The molecular weight excluding hydrogens is 905 g/mol. The summed E-state index contributed by atoms with van der Waals surface area (Å²) in [5.41, 5.74) is 4.50. The van der Waals surface area contributed by atoms with E-state index in [1.807, 2.05) is 6.79 Å². The highest BCUT2D eigenvalue weighted by Gasteiger charge is 2.20. The number of aliphatic carboxylic acids is 1. The van der Waals surface area contributed by atoms with Crippen LogP contribution in [0.15, 0.2) is 0 Å². The topological polar surface area (TPSA) is 443 Å². The molecule has 0 atom stereocenters. The lowest BCUT2D eigenvalue weighted by Gasteiger charge is -2.12. The number of carbonyl (C=O) groups excluding carboxylic acids is 9. The molecule has 16 N–H and O–H groups in total. The predicted octanol–water partition coefficient (Wildman–Crippen LogP) is -4.59. The van der Waals surface area contributed by atoms with Crippen LogP contribution in [0.2, 0.25) is 0 Å². The van der Waals surface area contributed by atoms with Crippen LogP contribution in [0.1, 0.15) is 50.0 Å². The Morgan fingerprint density at radius 3 is 1.18 bits per heavy atom. The second-order valence-electron chi connectivity index (χ2n) is 8.08. The van der Waals surface area contributed by atoms with Gasteiger partial charge in [-0.05, 0) is 14.1 Å². The Hall–Kier alpha value is -3.97. The van der Waals surface area contributed by atoms with E-state index in [9.17, 15) is 37.9 Å². The zero-order valence-electron chi connectivity index (χ0n) is 29.4. The third-order valence-corrected chi connectivity index (χ3v) is 4.56. The minimum Gasteiger partial charge on any atom is -0.564 e. The highest BCUT2D eigenvalue weighted by molar-refractivity contribution is 14.0. The van der Waals surface area contributed by atoms with E-state index >= 15 is 0 Å². The smallest absolute Gasteiger partial charge is 0.535 e. The van der Waals surface area contributed by atoms with E-state index in [0.717, 1.165) is 23.7 Å². The molecule has 0 radical (unpaired) electrons. The summed E-state index contributed by atoms with van der Waals surface area (Å²) in [5, 5.41) is 33.6. The number of nitrogens with one attached hydrogen (secondary N) is 3. The van der Waals surface area contributed by atoms with E-state index in [-0.39, 0.29) is 90.3 Å². The van der Waals surface area contributed by atoms with Crippen molar-refractivity contribution < 1.29 is 97.1 Å². The van der Waals surface area contributed by atoms with E-state index < -0.39 is 51.6 Å². The van der Waals surface area contributed by atoms with Crippen LogP contribution in [0.4, 0.5) is 0 Å². The van der Waals surface area contributed by atoms with Crippen LogP contribution in [0, 0.1) is 0 Å². The van der Waals surface area contributed by atoms with Crippen molar-refractivity contribution in [2.75, 3.05) is 60.0 Å². The molecule has 0 aliphatic rings. The molecule has 0 aromatic rings. The van der Waals surface area contributed by atoms with E-state index in [0.29, 0.717) is 0 Å². The number of nitrogens with two attached hydrogens (primary N) is 1. The first-order valence-electron chi connectivity index (χ1n) is 12.8. The molecule has 29 heteroatoms. The first kappa shape index (κ1) is 83.8. The number of amides is 3. The lowest BCUT2D eigenvalue weighted by molar-refractivity contribution is -0.142. The summed E-state index contributed by atoms with van der Waals surface area (Å²) >= 11 is 0. The van der Waals surface area contributed by atoms with Crippen molar-refractivity contribution in [1.29, 1.82) is 0 Å². The quantitative estimate of drug-likeness (QED) is 0.0292. The normalized spacial score (nSPS) is 8.09. The molecule has 0 aliphatic carbocycles. The molecule has 332 valence electrons. The van der Waals surface area contributed by atoms with Crippen LogP contribution in [0.5, 0.6) is 0 Å². The van der Waals surface area contributed by atoms with E-state index in [2.05, 4.69) is 21.7 Å². The molecule has 0 saturated heterocycles. The van der Waals surface area contributed by atoms with Crippen LogP contribution < -0.4 is 21.7 Å². The Morgan fingerprint density at radius 2 is 1.02 bits per heavy atom. The van der Waals surface area contributed by atoms with Gasteiger partial charge in [0.2, 0.25) is 29.6 Å². The van der Waals surface area contributed by atoms with Crippen molar-refractivity contribution in [2.45, 2.75) is 50.0 Å². The number of hydrogen-bond acceptors (Lipinski definition) is 15. The second-order valence-corrected chi connectivity index (χ2v) is 11.3. The van der Waals surface area contributed by atoms with Gasteiger partial charge in [-0.15, -0.1) is 24.0 Å². The summed E-state index contributed by atoms with van der Waals surface area (Å²) in [4.78, 5) is 130. The Morgan fingerprint density at radius 1 is 0.709 bits per heavy atom. The van der Waals surface area contributed by atoms with Crippen LogP contribution in [0.3, 0.4) is 0 Å². The van der Waals surface area contributed by atoms with Gasteiger partial charge in [0.15, 0.2) is 19.6 Å². The van der Waals surface area contributed by atoms with Gasteiger partial charge in [0.05, 0.1) is 13.0 Å². The summed E-state index contributed by atoms with van der Waals surface area (Å²) in [6.07, 6.45) is -1.05. The van der Waals surface area contributed by atoms with Gasteiger partial charge < -0.3 is 66.1 Å². The van der Waals surface area contributed by atoms with Crippen LogP contribution in [-0.4, -0.2) is 170 Å². The third-order valence-electron chi connectivity index (χ3n) is 3.08. The second kappa shape index (κ2) is 56.8. The molecule has 0 unspecified atom stereocenters. The van der Waals surface area contributed by atoms with Crippen molar-refractivity contribution >= 4 is 99.4 Å². The third kappa shape index (κ3) is 158. The van der Waals surface area contributed by atoms with Gasteiger partial charge in [-0.25, -0.2) is 9.59 Å². The Bertz CT molecular complexity index is 1150. The molecule has 0 aromatic heterocycles. The lowest BCUT2D eigenvalue weighted by atomic mass is 10.5. The molecular formula is C26H64IN6O20P2+3. The van der Waals surface area contributed by atoms with Crippen molar-refractivity contribution in [3.05, 3.63) is 0 Å².